The van der Waals surface area contributed by atoms with Crippen LogP contribution in [0.15, 0.2) is 6.20 Å². The second-order valence-electron chi connectivity index (χ2n) is 7.10. The van der Waals surface area contributed by atoms with E-state index in [0.717, 1.165) is 25.7 Å². The van der Waals surface area contributed by atoms with Gasteiger partial charge in [0.15, 0.2) is 0 Å². The van der Waals surface area contributed by atoms with Gasteiger partial charge in [0.25, 0.3) is 5.91 Å². The van der Waals surface area contributed by atoms with Gasteiger partial charge in [-0.05, 0) is 58.1 Å². The predicted octanol–water partition coefficient (Wildman–Crippen LogP) is 2.48. The molecule has 25 heavy (non-hydrogen) atoms. The highest BCUT2D eigenvalue weighted by Crippen LogP contribution is 2.24. The SMILES string of the molecule is CC(C)(C)OC(=O)NC1CCC(Nc2nc(Cl)ncc2C(N)=O)CC1. The molecule has 0 spiro atoms. The fourth-order valence-electron chi connectivity index (χ4n) is 2.70. The summed E-state index contributed by atoms with van der Waals surface area (Å²) in [6.07, 6.45) is 4.11. The highest BCUT2D eigenvalue weighted by atomic mass is 35.5. The summed E-state index contributed by atoms with van der Waals surface area (Å²) >= 11 is 5.80. The van der Waals surface area contributed by atoms with E-state index in [1.807, 2.05) is 20.8 Å². The molecule has 8 nitrogen and oxygen atoms in total. The van der Waals surface area contributed by atoms with E-state index >= 15 is 0 Å². The molecular formula is C16H24ClN5O3. The number of hydrogen-bond acceptors (Lipinski definition) is 6. The van der Waals surface area contributed by atoms with Crippen molar-refractivity contribution in [2.75, 3.05) is 5.32 Å². The Morgan fingerprint density at radius 1 is 1.24 bits per heavy atom. The second kappa shape index (κ2) is 7.86. The molecule has 4 N–H and O–H groups in total. The van der Waals surface area contributed by atoms with Crippen molar-refractivity contribution in [1.82, 2.24) is 15.3 Å². The van der Waals surface area contributed by atoms with Crippen LogP contribution in [0.5, 0.6) is 0 Å². The van der Waals surface area contributed by atoms with E-state index < -0.39 is 17.6 Å². The van der Waals surface area contributed by atoms with Crippen molar-refractivity contribution in [3.8, 4) is 0 Å². The first kappa shape index (κ1) is 19.2. The van der Waals surface area contributed by atoms with Crippen molar-refractivity contribution in [3.63, 3.8) is 0 Å². The van der Waals surface area contributed by atoms with E-state index in [1.54, 1.807) is 0 Å². The Morgan fingerprint density at radius 3 is 2.40 bits per heavy atom. The largest absolute Gasteiger partial charge is 0.444 e. The molecule has 0 atom stereocenters. The van der Waals surface area contributed by atoms with Crippen LogP contribution in [0.4, 0.5) is 10.6 Å². The van der Waals surface area contributed by atoms with Crippen molar-refractivity contribution in [2.45, 2.75) is 64.1 Å². The summed E-state index contributed by atoms with van der Waals surface area (Å²) in [5.74, 6) is -0.268. The molecule has 138 valence electrons. The lowest BCUT2D eigenvalue weighted by molar-refractivity contribution is 0.0492. The Kier molecular flexibility index (Phi) is 6.05. The van der Waals surface area contributed by atoms with E-state index in [1.165, 1.54) is 6.20 Å². The third-order valence-electron chi connectivity index (χ3n) is 3.81. The molecule has 0 bridgehead atoms. The van der Waals surface area contributed by atoms with Gasteiger partial charge in [0.1, 0.15) is 11.4 Å². The number of ether oxygens (including phenoxy) is 1. The van der Waals surface area contributed by atoms with Crippen LogP contribution in [0.1, 0.15) is 56.8 Å². The fraction of sp³-hybridized carbons (Fsp3) is 0.625. The number of carbonyl (C=O) groups is 2. The summed E-state index contributed by atoms with van der Waals surface area (Å²) in [5.41, 5.74) is 5.03. The average molecular weight is 370 g/mol. The van der Waals surface area contributed by atoms with Crippen LogP contribution in [0.3, 0.4) is 0 Å². The van der Waals surface area contributed by atoms with Gasteiger partial charge in [-0.15, -0.1) is 0 Å². The molecule has 0 radical (unpaired) electrons. The van der Waals surface area contributed by atoms with Gasteiger partial charge in [0.05, 0.1) is 5.56 Å². The molecule has 1 saturated carbocycles. The zero-order chi connectivity index (χ0) is 18.6. The number of amides is 2. The number of nitrogens with two attached hydrogens (primary N) is 1. The molecule has 0 unspecified atom stereocenters. The van der Waals surface area contributed by atoms with E-state index in [4.69, 9.17) is 22.1 Å². The zero-order valence-corrected chi connectivity index (χ0v) is 15.4. The first-order chi connectivity index (χ1) is 11.6. The summed E-state index contributed by atoms with van der Waals surface area (Å²) in [5, 5.41) is 6.14. The van der Waals surface area contributed by atoms with Gasteiger partial charge in [-0.2, -0.15) is 4.98 Å². The Bertz CT molecular complexity index is 639. The smallest absolute Gasteiger partial charge is 0.407 e. The molecule has 9 heteroatoms. The van der Waals surface area contributed by atoms with Gasteiger partial charge in [-0.3, -0.25) is 4.79 Å². The van der Waals surface area contributed by atoms with Gasteiger partial charge in [-0.1, -0.05) is 0 Å². The van der Waals surface area contributed by atoms with Crippen molar-refractivity contribution in [2.24, 2.45) is 5.73 Å². The minimum absolute atomic E-state index is 0.0489. The van der Waals surface area contributed by atoms with E-state index in [2.05, 4.69) is 20.6 Å². The molecule has 0 saturated heterocycles. The number of hydrogen-bond donors (Lipinski definition) is 3. The van der Waals surface area contributed by atoms with E-state index in [9.17, 15) is 9.59 Å². The average Bonchev–Trinajstić information content (AvgIpc) is 2.47. The number of carbonyl (C=O) groups excluding carboxylic acids is 2. The maximum atomic E-state index is 11.8. The number of alkyl carbamates (subject to hydrolysis) is 1. The minimum Gasteiger partial charge on any atom is -0.444 e. The lowest BCUT2D eigenvalue weighted by Crippen LogP contribution is -2.42. The number of primary amides is 1. The Hall–Kier alpha value is -2.09. The highest BCUT2D eigenvalue weighted by Gasteiger charge is 2.25. The quantitative estimate of drug-likeness (QED) is 0.701. The van der Waals surface area contributed by atoms with Crippen molar-refractivity contribution in [3.05, 3.63) is 17.0 Å². The van der Waals surface area contributed by atoms with Gasteiger partial charge >= 0.3 is 6.09 Å². The van der Waals surface area contributed by atoms with Gasteiger partial charge in [0.2, 0.25) is 5.28 Å². The van der Waals surface area contributed by atoms with E-state index in [-0.39, 0.29) is 22.9 Å². The molecule has 1 heterocycles. The Labute approximate surface area is 151 Å². The van der Waals surface area contributed by atoms with Gasteiger partial charge in [-0.25, -0.2) is 9.78 Å². The second-order valence-corrected chi connectivity index (χ2v) is 7.44. The van der Waals surface area contributed by atoms with Crippen LogP contribution in [0.2, 0.25) is 5.28 Å². The number of anilines is 1. The standard InChI is InChI=1S/C16H24ClN5O3/c1-16(2,3)25-15(24)21-10-6-4-9(5-7-10)20-13-11(12(18)23)8-19-14(17)22-13/h8-10H,4-7H2,1-3H3,(H2,18,23)(H,21,24)(H,19,20,22). The van der Waals surface area contributed by atoms with E-state index in [0.29, 0.717) is 5.82 Å². The first-order valence-corrected chi connectivity index (χ1v) is 8.60. The summed E-state index contributed by atoms with van der Waals surface area (Å²) < 4.78 is 5.27. The normalized spacial score (nSPS) is 20.6. The first-order valence-electron chi connectivity index (χ1n) is 8.22. The van der Waals surface area contributed by atoms with Crippen LogP contribution in [-0.2, 0) is 4.74 Å². The Morgan fingerprint density at radius 2 is 1.84 bits per heavy atom. The molecule has 2 amide bonds. The maximum Gasteiger partial charge on any atom is 0.407 e. The molecule has 1 fully saturated rings. The van der Waals surface area contributed by atoms with Crippen molar-refractivity contribution < 1.29 is 14.3 Å². The number of rotatable bonds is 4. The maximum absolute atomic E-state index is 11.8. The van der Waals surface area contributed by atoms with Crippen molar-refractivity contribution >= 4 is 29.4 Å². The zero-order valence-electron chi connectivity index (χ0n) is 14.6. The molecular weight excluding hydrogens is 346 g/mol. The molecule has 1 aromatic rings. The van der Waals surface area contributed by atoms with Crippen LogP contribution in [0.25, 0.3) is 0 Å². The van der Waals surface area contributed by atoms with Crippen LogP contribution < -0.4 is 16.4 Å². The lowest BCUT2D eigenvalue weighted by atomic mass is 9.91. The lowest BCUT2D eigenvalue weighted by Gasteiger charge is -2.31. The summed E-state index contributed by atoms with van der Waals surface area (Å²) in [6, 6.07) is 0.179. The molecule has 0 aliphatic heterocycles. The summed E-state index contributed by atoms with van der Waals surface area (Å²) in [6.45, 7) is 5.49. The van der Waals surface area contributed by atoms with Crippen molar-refractivity contribution in [1.29, 1.82) is 0 Å². The minimum atomic E-state index is -0.612. The van der Waals surface area contributed by atoms with Crippen LogP contribution in [0, 0.1) is 0 Å². The van der Waals surface area contributed by atoms with Gasteiger partial charge in [0, 0.05) is 18.3 Å². The third-order valence-corrected chi connectivity index (χ3v) is 4.00. The highest BCUT2D eigenvalue weighted by molar-refractivity contribution is 6.28. The Balaban J connectivity index is 1.88. The predicted molar refractivity (Wildman–Crippen MR) is 94.6 cm³/mol. The fourth-order valence-corrected chi connectivity index (χ4v) is 2.83. The van der Waals surface area contributed by atoms with Crippen LogP contribution in [-0.4, -0.2) is 39.7 Å². The summed E-state index contributed by atoms with van der Waals surface area (Å²) in [4.78, 5) is 31.1. The summed E-state index contributed by atoms with van der Waals surface area (Å²) in [7, 11) is 0. The monoisotopic (exact) mass is 369 g/mol. The molecule has 1 aliphatic rings. The number of nitrogens with zero attached hydrogens (tertiary/aromatic N) is 2. The number of aromatic nitrogens is 2. The topological polar surface area (TPSA) is 119 Å². The molecule has 1 aromatic heterocycles. The third kappa shape index (κ3) is 6.04. The number of halogens is 1. The molecule has 2 rings (SSSR count). The number of nitrogens with one attached hydrogen (secondary N) is 2. The molecule has 1 aliphatic carbocycles. The van der Waals surface area contributed by atoms with Crippen LogP contribution >= 0.6 is 11.6 Å². The molecule has 0 aromatic carbocycles. The van der Waals surface area contributed by atoms with Gasteiger partial charge < -0.3 is 21.1 Å².